The van der Waals surface area contributed by atoms with E-state index in [-0.39, 0.29) is 17.4 Å². The molecule has 2 N–H and O–H groups in total. The van der Waals surface area contributed by atoms with Crippen LogP contribution in [0.4, 0.5) is 5.82 Å². The molecule has 104 valence electrons. The largest absolute Gasteiger partial charge is 0.358 e. The molecule has 19 heavy (non-hydrogen) atoms. The highest BCUT2D eigenvalue weighted by molar-refractivity contribution is 5.92. The number of piperidine rings is 1. The summed E-state index contributed by atoms with van der Waals surface area (Å²) in [6.45, 7) is 2.62. The van der Waals surface area contributed by atoms with Crippen LogP contribution in [-0.2, 0) is 0 Å². The number of carbonyl (C=O) groups is 1. The molecule has 0 spiro atoms. The number of carbonyl (C=O) groups excluding carboxylic acids is 1. The number of amides is 1. The van der Waals surface area contributed by atoms with Crippen molar-refractivity contribution in [3.63, 3.8) is 0 Å². The number of rotatable bonds is 4. The Balaban J connectivity index is 1.95. The van der Waals surface area contributed by atoms with Gasteiger partial charge in [0.15, 0.2) is 5.69 Å². The Labute approximate surface area is 111 Å². The Hall–Kier alpha value is -1.89. The third kappa shape index (κ3) is 3.31. The fourth-order valence-corrected chi connectivity index (χ4v) is 2.37. The highest BCUT2D eigenvalue weighted by atomic mass is 16.6. The summed E-state index contributed by atoms with van der Waals surface area (Å²) >= 11 is 0. The van der Waals surface area contributed by atoms with Crippen molar-refractivity contribution in [2.24, 2.45) is 5.92 Å². The summed E-state index contributed by atoms with van der Waals surface area (Å²) in [5, 5.41) is 13.9. The van der Waals surface area contributed by atoms with Crippen molar-refractivity contribution < 1.29 is 9.72 Å². The molecular weight excluding hydrogens is 248 g/mol. The van der Waals surface area contributed by atoms with Crippen molar-refractivity contribution in [2.75, 3.05) is 26.7 Å². The third-order valence-corrected chi connectivity index (χ3v) is 3.38. The van der Waals surface area contributed by atoms with Gasteiger partial charge in [-0.05, 0) is 42.8 Å². The predicted molar refractivity (Wildman–Crippen MR) is 70.0 cm³/mol. The number of aromatic amines is 1. The van der Waals surface area contributed by atoms with Gasteiger partial charge in [-0.15, -0.1) is 0 Å². The summed E-state index contributed by atoms with van der Waals surface area (Å²) in [5.41, 5.74) is 0.262. The number of nitrogens with one attached hydrogen (secondary N) is 2. The zero-order valence-corrected chi connectivity index (χ0v) is 10.9. The lowest BCUT2D eigenvalue weighted by Crippen LogP contribution is -2.39. The molecule has 2 rings (SSSR count). The number of hydrogen-bond donors (Lipinski definition) is 2. The summed E-state index contributed by atoms with van der Waals surface area (Å²) in [5.74, 6) is 0.0856. The molecule has 0 radical (unpaired) electrons. The van der Waals surface area contributed by atoms with E-state index in [0.717, 1.165) is 25.9 Å². The van der Waals surface area contributed by atoms with Crippen molar-refractivity contribution in [1.29, 1.82) is 0 Å². The van der Waals surface area contributed by atoms with E-state index in [4.69, 9.17) is 0 Å². The number of nitro groups is 1. The number of aromatic nitrogens is 1. The minimum absolute atomic E-state index is 0.156. The maximum absolute atomic E-state index is 12.1. The second-order valence-corrected chi connectivity index (χ2v) is 4.91. The second-order valence-electron chi connectivity index (χ2n) is 4.91. The number of H-pyrrole nitrogens is 1. The molecule has 1 saturated heterocycles. The van der Waals surface area contributed by atoms with E-state index >= 15 is 0 Å². The van der Waals surface area contributed by atoms with Crippen LogP contribution in [0.2, 0.25) is 0 Å². The molecule has 2 heterocycles. The Morgan fingerprint density at radius 2 is 2.37 bits per heavy atom. The smallest absolute Gasteiger partial charge is 0.321 e. The van der Waals surface area contributed by atoms with Crippen LogP contribution in [0.1, 0.15) is 23.3 Å². The highest BCUT2D eigenvalue weighted by Crippen LogP contribution is 2.14. The van der Waals surface area contributed by atoms with Gasteiger partial charge in [-0.25, -0.2) is 4.98 Å². The third-order valence-electron chi connectivity index (χ3n) is 3.38. The molecule has 0 saturated carbocycles. The van der Waals surface area contributed by atoms with Crippen LogP contribution in [-0.4, -0.2) is 47.4 Å². The molecule has 0 aliphatic carbocycles. The van der Waals surface area contributed by atoms with Gasteiger partial charge in [0.2, 0.25) is 0 Å². The van der Waals surface area contributed by atoms with E-state index in [1.165, 1.54) is 12.1 Å². The minimum atomic E-state index is -0.540. The van der Waals surface area contributed by atoms with Crippen molar-refractivity contribution in [3.05, 3.63) is 27.9 Å². The van der Waals surface area contributed by atoms with E-state index in [0.29, 0.717) is 12.5 Å². The fraction of sp³-hybridized carbons (Fsp3) is 0.583. The van der Waals surface area contributed by atoms with Crippen molar-refractivity contribution in [1.82, 2.24) is 15.2 Å². The topological polar surface area (TPSA) is 91.3 Å². The summed E-state index contributed by atoms with van der Waals surface area (Å²) in [7, 11) is 1.73. The highest BCUT2D eigenvalue weighted by Gasteiger charge is 2.22. The number of hydrogen-bond acceptors (Lipinski definition) is 4. The lowest BCUT2D eigenvalue weighted by atomic mass is 9.99. The van der Waals surface area contributed by atoms with E-state index in [1.807, 2.05) is 0 Å². The Bertz CT molecular complexity index is 465. The Morgan fingerprint density at radius 1 is 1.58 bits per heavy atom. The molecular formula is C12H18N4O3. The minimum Gasteiger partial charge on any atom is -0.358 e. The van der Waals surface area contributed by atoms with E-state index in [9.17, 15) is 14.9 Å². The second kappa shape index (κ2) is 5.83. The maximum atomic E-state index is 12.1. The summed E-state index contributed by atoms with van der Waals surface area (Å²) < 4.78 is 0. The average Bonchev–Trinajstić information content (AvgIpc) is 2.88. The summed E-state index contributed by atoms with van der Waals surface area (Å²) in [6, 6.07) is 2.76. The van der Waals surface area contributed by atoms with Gasteiger partial charge in [-0.3, -0.25) is 4.79 Å². The first-order chi connectivity index (χ1) is 9.08. The maximum Gasteiger partial charge on any atom is 0.321 e. The quantitative estimate of drug-likeness (QED) is 0.628. The van der Waals surface area contributed by atoms with Gasteiger partial charge < -0.3 is 20.3 Å². The van der Waals surface area contributed by atoms with Crippen LogP contribution in [0.5, 0.6) is 0 Å². The molecule has 7 heteroatoms. The van der Waals surface area contributed by atoms with Crippen LogP contribution >= 0.6 is 0 Å². The standard InChI is InChI=1S/C12H18N4O3/c1-15(8-9-3-2-6-13-7-9)12(17)10-4-5-11(14-10)16(18)19/h4-5,9,13-14H,2-3,6-8H2,1H3. The van der Waals surface area contributed by atoms with Gasteiger partial charge >= 0.3 is 5.82 Å². The van der Waals surface area contributed by atoms with Crippen molar-refractivity contribution in [3.8, 4) is 0 Å². The van der Waals surface area contributed by atoms with Crippen LogP contribution in [0.25, 0.3) is 0 Å². The molecule has 1 aromatic heterocycles. The SMILES string of the molecule is CN(CC1CCCNC1)C(=O)c1ccc([N+](=O)[O-])[nH]1. The van der Waals surface area contributed by atoms with Crippen LogP contribution in [0, 0.1) is 16.0 Å². The first-order valence-corrected chi connectivity index (χ1v) is 6.37. The van der Waals surface area contributed by atoms with Gasteiger partial charge in [-0.2, -0.15) is 0 Å². The first-order valence-electron chi connectivity index (χ1n) is 6.37. The lowest BCUT2D eigenvalue weighted by Gasteiger charge is -2.27. The first kappa shape index (κ1) is 13.5. The molecule has 0 bridgehead atoms. The molecule has 1 aliphatic heterocycles. The molecule has 1 amide bonds. The van der Waals surface area contributed by atoms with Gasteiger partial charge in [0.1, 0.15) is 0 Å². The van der Waals surface area contributed by atoms with E-state index in [2.05, 4.69) is 10.3 Å². The van der Waals surface area contributed by atoms with Gasteiger partial charge in [0.05, 0.1) is 0 Å². The van der Waals surface area contributed by atoms with Gasteiger partial charge in [0, 0.05) is 19.7 Å². The molecule has 1 unspecified atom stereocenters. The molecule has 1 fully saturated rings. The van der Waals surface area contributed by atoms with Crippen molar-refractivity contribution in [2.45, 2.75) is 12.8 Å². The van der Waals surface area contributed by atoms with Crippen molar-refractivity contribution >= 4 is 11.7 Å². The summed E-state index contributed by atoms with van der Waals surface area (Å²) in [4.78, 5) is 26.3. The molecule has 1 aromatic rings. The fourth-order valence-electron chi connectivity index (χ4n) is 2.37. The lowest BCUT2D eigenvalue weighted by molar-refractivity contribution is -0.389. The predicted octanol–water partition coefficient (Wildman–Crippen LogP) is 0.994. The van der Waals surface area contributed by atoms with Crippen LogP contribution in [0.15, 0.2) is 12.1 Å². The normalized spacial score (nSPS) is 19.1. The monoisotopic (exact) mass is 266 g/mol. The molecule has 0 aromatic carbocycles. The van der Waals surface area contributed by atoms with Crippen LogP contribution < -0.4 is 5.32 Å². The van der Waals surface area contributed by atoms with Crippen LogP contribution in [0.3, 0.4) is 0 Å². The molecule has 1 atom stereocenters. The Morgan fingerprint density at radius 3 is 2.95 bits per heavy atom. The summed E-state index contributed by atoms with van der Waals surface area (Å²) in [6.07, 6.45) is 2.23. The zero-order valence-electron chi connectivity index (χ0n) is 10.9. The number of nitrogens with zero attached hydrogens (tertiary/aromatic N) is 2. The van der Waals surface area contributed by atoms with Gasteiger partial charge in [-0.1, -0.05) is 0 Å². The average molecular weight is 266 g/mol. The van der Waals surface area contributed by atoms with Gasteiger partial charge in [0.25, 0.3) is 5.91 Å². The molecule has 7 nitrogen and oxygen atoms in total. The Kier molecular flexibility index (Phi) is 4.16. The van der Waals surface area contributed by atoms with E-state index in [1.54, 1.807) is 11.9 Å². The molecule has 1 aliphatic rings. The van der Waals surface area contributed by atoms with E-state index < -0.39 is 4.92 Å². The zero-order chi connectivity index (χ0) is 13.8.